The molecule has 196 valence electrons. The first-order chi connectivity index (χ1) is 19.1. The predicted molar refractivity (Wildman–Crippen MR) is 144 cm³/mol. The second kappa shape index (κ2) is 13.8. The van der Waals surface area contributed by atoms with E-state index in [9.17, 15) is 14.9 Å². The van der Waals surface area contributed by atoms with Crippen molar-refractivity contribution in [1.82, 2.24) is 20.7 Å². The van der Waals surface area contributed by atoms with Crippen LogP contribution in [0.15, 0.2) is 96.5 Å². The van der Waals surface area contributed by atoms with Crippen LogP contribution in [0.2, 0.25) is 0 Å². The smallest absolute Gasteiger partial charge is 0.408 e. The first-order valence-corrected chi connectivity index (χ1v) is 12.1. The van der Waals surface area contributed by atoms with Gasteiger partial charge in [-0.3, -0.25) is 4.79 Å². The highest BCUT2D eigenvalue weighted by Crippen LogP contribution is 2.15. The SMILES string of the molecule is N#Cc1ccccc1COc1ccc(/C=N\NC(=O)[C@H](Cc2cnc[nH]2)NC(=O)OCc2ccccc2)cc1. The van der Waals surface area contributed by atoms with Crippen molar-refractivity contribution in [2.45, 2.75) is 25.7 Å². The summed E-state index contributed by atoms with van der Waals surface area (Å²) in [7, 11) is 0. The van der Waals surface area contributed by atoms with Crippen molar-refractivity contribution >= 4 is 18.2 Å². The van der Waals surface area contributed by atoms with Crippen LogP contribution in [0.1, 0.15) is 27.9 Å². The summed E-state index contributed by atoms with van der Waals surface area (Å²) in [5.74, 6) is 0.107. The summed E-state index contributed by atoms with van der Waals surface area (Å²) in [6, 6.07) is 24.8. The molecule has 0 bridgehead atoms. The van der Waals surface area contributed by atoms with E-state index in [-0.39, 0.29) is 19.6 Å². The maximum Gasteiger partial charge on any atom is 0.408 e. The summed E-state index contributed by atoms with van der Waals surface area (Å²) < 4.78 is 11.0. The number of hydrogen-bond acceptors (Lipinski definition) is 7. The number of carbonyl (C=O) groups is 2. The number of alkyl carbamates (subject to hydrolysis) is 1. The van der Waals surface area contributed by atoms with E-state index in [0.29, 0.717) is 17.0 Å². The molecule has 0 radical (unpaired) electrons. The number of carbonyl (C=O) groups excluding carboxylic acids is 2. The Morgan fingerprint density at radius 2 is 1.79 bits per heavy atom. The van der Waals surface area contributed by atoms with Gasteiger partial charge < -0.3 is 19.8 Å². The standard InChI is InChI=1S/C29H26N6O4/c30-15-23-8-4-5-9-24(23)19-38-26-12-10-21(11-13-26)16-33-35-28(36)27(14-25-17-31-20-32-25)34-29(37)39-18-22-6-2-1-3-7-22/h1-13,16-17,20,27H,14,18-19H2,(H,31,32)(H,34,37)(H,35,36)/b33-16-/t27-/m0/s1. The third-order valence-electron chi connectivity index (χ3n) is 5.60. The number of nitrogens with one attached hydrogen (secondary N) is 3. The van der Waals surface area contributed by atoms with Crippen molar-refractivity contribution in [3.63, 3.8) is 0 Å². The monoisotopic (exact) mass is 522 g/mol. The molecule has 1 heterocycles. The summed E-state index contributed by atoms with van der Waals surface area (Å²) in [6.07, 6.45) is 3.99. The minimum atomic E-state index is -0.946. The molecule has 0 fully saturated rings. The van der Waals surface area contributed by atoms with Crippen LogP contribution in [-0.2, 0) is 29.2 Å². The highest BCUT2D eigenvalue weighted by Gasteiger charge is 2.22. The van der Waals surface area contributed by atoms with Gasteiger partial charge in [0.2, 0.25) is 0 Å². The molecule has 0 spiro atoms. The number of ether oxygens (including phenoxy) is 2. The molecule has 10 heteroatoms. The number of amides is 2. The van der Waals surface area contributed by atoms with Gasteiger partial charge in [0, 0.05) is 23.9 Å². The summed E-state index contributed by atoms with van der Waals surface area (Å²) >= 11 is 0. The van der Waals surface area contributed by atoms with Crippen LogP contribution >= 0.6 is 0 Å². The highest BCUT2D eigenvalue weighted by atomic mass is 16.5. The summed E-state index contributed by atoms with van der Waals surface area (Å²) in [5, 5.41) is 15.8. The van der Waals surface area contributed by atoms with Gasteiger partial charge in [0.15, 0.2) is 0 Å². The molecular weight excluding hydrogens is 496 g/mol. The number of aromatic nitrogens is 2. The van der Waals surface area contributed by atoms with E-state index in [0.717, 1.165) is 16.7 Å². The van der Waals surface area contributed by atoms with Crippen molar-refractivity contribution in [2.24, 2.45) is 5.10 Å². The van der Waals surface area contributed by atoms with Crippen LogP contribution in [0, 0.1) is 11.3 Å². The molecule has 1 aromatic heterocycles. The van der Waals surface area contributed by atoms with Crippen molar-refractivity contribution in [3.8, 4) is 11.8 Å². The molecule has 0 aliphatic rings. The molecule has 0 aliphatic heterocycles. The molecule has 0 unspecified atom stereocenters. The summed E-state index contributed by atoms with van der Waals surface area (Å²) in [4.78, 5) is 32.1. The lowest BCUT2D eigenvalue weighted by atomic mass is 10.1. The van der Waals surface area contributed by atoms with Gasteiger partial charge in [-0.05, 0) is 41.5 Å². The van der Waals surface area contributed by atoms with E-state index in [1.54, 1.807) is 36.5 Å². The Hall–Kier alpha value is -5.43. The molecule has 3 N–H and O–H groups in total. The first-order valence-electron chi connectivity index (χ1n) is 12.1. The molecule has 0 saturated heterocycles. The fraction of sp³-hybridized carbons (Fsp3) is 0.138. The zero-order chi connectivity index (χ0) is 27.3. The van der Waals surface area contributed by atoms with E-state index in [4.69, 9.17) is 9.47 Å². The number of rotatable bonds is 11. The van der Waals surface area contributed by atoms with Gasteiger partial charge in [-0.1, -0.05) is 48.5 Å². The Labute approximate surface area is 225 Å². The molecule has 1 atom stereocenters. The molecule has 39 heavy (non-hydrogen) atoms. The molecule has 4 aromatic rings. The highest BCUT2D eigenvalue weighted by molar-refractivity contribution is 5.87. The van der Waals surface area contributed by atoms with E-state index >= 15 is 0 Å². The fourth-order valence-electron chi connectivity index (χ4n) is 3.55. The average molecular weight is 523 g/mol. The fourth-order valence-corrected chi connectivity index (χ4v) is 3.55. The minimum absolute atomic E-state index is 0.0772. The molecule has 0 aliphatic carbocycles. The van der Waals surface area contributed by atoms with Gasteiger partial charge in [-0.25, -0.2) is 15.2 Å². The topological polar surface area (TPSA) is 141 Å². The van der Waals surface area contributed by atoms with Crippen LogP contribution in [0.25, 0.3) is 0 Å². The predicted octanol–water partition coefficient (Wildman–Crippen LogP) is 3.85. The van der Waals surface area contributed by atoms with E-state index < -0.39 is 18.0 Å². The Bertz CT molecular complexity index is 1430. The minimum Gasteiger partial charge on any atom is -0.489 e. The normalized spacial score (nSPS) is 11.4. The lowest BCUT2D eigenvalue weighted by Crippen LogP contribution is -2.47. The van der Waals surface area contributed by atoms with E-state index in [1.807, 2.05) is 48.5 Å². The maximum atomic E-state index is 12.8. The second-order valence-corrected chi connectivity index (χ2v) is 8.40. The summed E-state index contributed by atoms with van der Waals surface area (Å²) in [6.45, 7) is 0.347. The third kappa shape index (κ3) is 8.30. The van der Waals surface area contributed by atoms with Crippen LogP contribution in [0.3, 0.4) is 0 Å². The molecule has 10 nitrogen and oxygen atoms in total. The Balaban J connectivity index is 1.30. The number of aromatic amines is 1. The maximum absolute atomic E-state index is 12.8. The van der Waals surface area contributed by atoms with Gasteiger partial charge >= 0.3 is 6.09 Å². The zero-order valence-electron chi connectivity index (χ0n) is 20.9. The first kappa shape index (κ1) is 26.6. The van der Waals surface area contributed by atoms with Gasteiger partial charge in [0.1, 0.15) is 25.0 Å². The van der Waals surface area contributed by atoms with Crippen LogP contribution in [0.5, 0.6) is 5.75 Å². The van der Waals surface area contributed by atoms with Gasteiger partial charge in [-0.2, -0.15) is 10.4 Å². The summed E-state index contributed by atoms with van der Waals surface area (Å²) in [5.41, 5.74) is 6.05. The Kier molecular flexibility index (Phi) is 9.40. The number of nitrogens with zero attached hydrogens (tertiary/aromatic N) is 3. The Morgan fingerprint density at radius 3 is 2.54 bits per heavy atom. The second-order valence-electron chi connectivity index (χ2n) is 8.40. The largest absolute Gasteiger partial charge is 0.489 e. The quantitative estimate of drug-likeness (QED) is 0.202. The lowest BCUT2D eigenvalue weighted by molar-refractivity contribution is -0.123. The Morgan fingerprint density at radius 1 is 1.03 bits per heavy atom. The third-order valence-corrected chi connectivity index (χ3v) is 5.60. The molecule has 2 amide bonds. The van der Waals surface area contributed by atoms with Gasteiger partial charge in [-0.15, -0.1) is 0 Å². The molecule has 3 aromatic carbocycles. The van der Waals surface area contributed by atoms with Crippen LogP contribution in [-0.4, -0.2) is 34.2 Å². The molecular formula is C29H26N6O4. The van der Waals surface area contributed by atoms with Crippen molar-refractivity contribution in [1.29, 1.82) is 5.26 Å². The van der Waals surface area contributed by atoms with E-state index in [2.05, 4.69) is 31.9 Å². The van der Waals surface area contributed by atoms with Gasteiger partial charge in [0.25, 0.3) is 5.91 Å². The zero-order valence-corrected chi connectivity index (χ0v) is 20.9. The average Bonchev–Trinajstić information content (AvgIpc) is 3.49. The number of H-pyrrole nitrogens is 1. The lowest BCUT2D eigenvalue weighted by Gasteiger charge is -2.16. The number of hydrogen-bond donors (Lipinski definition) is 3. The number of nitriles is 1. The number of hydrazone groups is 1. The van der Waals surface area contributed by atoms with Crippen molar-refractivity contribution < 1.29 is 19.1 Å². The molecule has 4 rings (SSSR count). The van der Waals surface area contributed by atoms with Crippen LogP contribution in [0.4, 0.5) is 4.79 Å². The molecule has 0 saturated carbocycles. The van der Waals surface area contributed by atoms with Crippen molar-refractivity contribution in [2.75, 3.05) is 0 Å². The van der Waals surface area contributed by atoms with E-state index in [1.165, 1.54) is 12.5 Å². The van der Waals surface area contributed by atoms with Crippen molar-refractivity contribution in [3.05, 3.63) is 119 Å². The van der Waals surface area contributed by atoms with Crippen LogP contribution < -0.4 is 15.5 Å². The van der Waals surface area contributed by atoms with Gasteiger partial charge in [0.05, 0.1) is 24.2 Å². The number of imidazole rings is 1. The number of benzene rings is 3.